The second-order valence-corrected chi connectivity index (χ2v) is 10.2. The lowest BCUT2D eigenvalue weighted by Crippen LogP contribution is -2.09. The molecular weight excluding hydrogens is 542 g/mol. The Hall–Kier alpha value is -4.74. The molecule has 0 spiro atoms. The van der Waals surface area contributed by atoms with Crippen molar-refractivity contribution >= 4 is 16.9 Å². The molecule has 8 nitrogen and oxygen atoms in total. The minimum atomic E-state index is -4.56. The summed E-state index contributed by atoms with van der Waals surface area (Å²) >= 11 is 0. The van der Waals surface area contributed by atoms with E-state index in [4.69, 9.17) is 9.26 Å². The molecule has 4 heterocycles. The molecule has 41 heavy (non-hydrogen) atoms. The van der Waals surface area contributed by atoms with E-state index in [0.717, 1.165) is 47.0 Å². The maximum Gasteiger partial charge on any atom is 0.439 e. The Kier molecular flexibility index (Phi) is 5.63. The molecule has 1 saturated carbocycles. The van der Waals surface area contributed by atoms with Gasteiger partial charge in [0.05, 0.1) is 11.4 Å². The van der Waals surface area contributed by atoms with E-state index in [2.05, 4.69) is 20.1 Å². The number of nitrogens with one attached hydrogen (secondary N) is 1. The molecule has 5 aromatic rings. The summed E-state index contributed by atoms with van der Waals surface area (Å²) in [6.45, 7) is 1.92. The zero-order valence-corrected chi connectivity index (χ0v) is 21.6. The van der Waals surface area contributed by atoms with E-state index in [1.165, 1.54) is 18.3 Å². The normalized spacial score (nSPS) is 16.2. The van der Waals surface area contributed by atoms with E-state index in [1.54, 1.807) is 17.4 Å². The smallest absolute Gasteiger partial charge is 0.439 e. The first kappa shape index (κ1) is 25.2. The molecule has 12 heteroatoms. The lowest BCUT2D eigenvalue weighted by molar-refractivity contribution is -0.141. The van der Waals surface area contributed by atoms with Crippen LogP contribution in [0.3, 0.4) is 0 Å². The van der Waals surface area contributed by atoms with Gasteiger partial charge in [0.25, 0.3) is 0 Å². The molecule has 208 valence electrons. The van der Waals surface area contributed by atoms with Crippen molar-refractivity contribution in [1.82, 2.24) is 24.5 Å². The number of alkyl halides is 3. The minimum Gasteiger partial charge on any atom is -0.488 e. The molecule has 0 saturated heterocycles. The zero-order chi connectivity index (χ0) is 28.5. The highest BCUT2D eigenvalue weighted by Crippen LogP contribution is 2.43. The number of imidazole rings is 1. The van der Waals surface area contributed by atoms with Crippen LogP contribution in [0.1, 0.15) is 70.8 Å². The maximum absolute atomic E-state index is 14.2. The van der Waals surface area contributed by atoms with Crippen LogP contribution in [0.2, 0.25) is 0 Å². The molecule has 0 unspecified atom stereocenters. The Morgan fingerprint density at radius 1 is 1.10 bits per heavy atom. The summed E-state index contributed by atoms with van der Waals surface area (Å²) in [5, 5.41) is 3.83. The molecule has 7 rings (SSSR count). The first-order valence-corrected chi connectivity index (χ1v) is 12.9. The van der Waals surface area contributed by atoms with Crippen molar-refractivity contribution in [3.05, 3.63) is 110 Å². The first-order chi connectivity index (χ1) is 19.7. The van der Waals surface area contributed by atoms with E-state index >= 15 is 0 Å². The summed E-state index contributed by atoms with van der Waals surface area (Å²) in [5.41, 5.74) is 4.99. The fraction of sp³-hybridized carbons (Fsp3) is 0.241. The highest BCUT2D eigenvalue weighted by molar-refractivity contribution is 5.99. The minimum absolute atomic E-state index is 0.0229. The number of hydrogen-bond acceptors (Lipinski definition) is 6. The summed E-state index contributed by atoms with van der Waals surface area (Å²) in [6.07, 6.45) is -0.933. The van der Waals surface area contributed by atoms with Gasteiger partial charge in [-0.15, -0.1) is 0 Å². The molecule has 0 bridgehead atoms. The van der Waals surface area contributed by atoms with Gasteiger partial charge in [0.15, 0.2) is 5.82 Å². The zero-order valence-electron chi connectivity index (χ0n) is 21.6. The average Bonchev–Trinajstić information content (AvgIpc) is 3.63. The van der Waals surface area contributed by atoms with Crippen LogP contribution in [0.25, 0.3) is 16.9 Å². The maximum atomic E-state index is 14.2. The van der Waals surface area contributed by atoms with Crippen molar-refractivity contribution in [3.8, 4) is 5.75 Å². The van der Waals surface area contributed by atoms with E-state index < -0.39 is 23.4 Å². The highest BCUT2D eigenvalue weighted by atomic mass is 19.4. The van der Waals surface area contributed by atoms with Crippen molar-refractivity contribution in [3.63, 3.8) is 0 Å². The van der Waals surface area contributed by atoms with Crippen LogP contribution in [0.15, 0.2) is 58.0 Å². The molecule has 0 atom stereocenters. The van der Waals surface area contributed by atoms with Gasteiger partial charge in [-0.3, -0.25) is 13.9 Å². The molecule has 1 aliphatic carbocycles. The highest BCUT2D eigenvalue weighted by Gasteiger charge is 2.35. The van der Waals surface area contributed by atoms with Gasteiger partial charge in [-0.1, -0.05) is 23.4 Å². The number of nitrogens with zero attached hydrogens (tertiary/aromatic N) is 4. The van der Waals surface area contributed by atoms with Crippen LogP contribution in [0.5, 0.6) is 5.75 Å². The van der Waals surface area contributed by atoms with E-state index in [1.807, 2.05) is 18.2 Å². The van der Waals surface area contributed by atoms with E-state index in [-0.39, 0.29) is 24.1 Å². The lowest BCUT2D eigenvalue weighted by Gasteiger charge is -2.14. The Morgan fingerprint density at radius 2 is 1.90 bits per heavy atom. The van der Waals surface area contributed by atoms with Crippen molar-refractivity contribution in [2.45, 2.75) is 44.9 Å². The molecule has 0 amide bonds. The van der Waals surface area contributed by atoms with E-state index in [0.29, 0.717) is 28.9 Å². The van der Waals surface area contributed by atoms with Gasteiger partial charge < -0.3 is 4.74 Å². The molecule has 1 aliphatic heterocycles. The van der Waals surface area contributed by atoms with Crippen LogP contribution >= 0.6 is 0 Å². The molecular formula is C29H21F4N5O3. The Labute approximate surface area is 229 Å². The summed E-state index contributed by atoms with van der Waals surface area (Å²) in [7, 11) is 0. The fourth-order valence-electron chi connectivity index (χ4n) is 5.36. The molecule has 1 N–H and O–H groups in total. The molecule has 0 radical (unpaired) electrons. The van der Waals surface area contributed by atoms with Gasteiger partial charge in [-0.25, -0.2) is 19.2 Å². The third-order valence-corrected chi connectivity index (χ3v) is 7.46. The molecule has 2 aliphatic rings. The quantitative estimate of drug-likeness (QED) is 0.273. The average molecular weight is 564 g/mol. The number of benzene rings is 2. The SMILES string of the molecule is C/C(=C1/c2ccc(Cc3c(C4CC4)nc4nc(C(F)(F)F)ccn34)cc2COc2cc(F)ccc21)c1noc(=O)[nH]1. The predicted octanol–water partition coefficient (Wildman–Crippen LogP) is 5.90. The lowest BCUT2D eigenvalue weighted by atomic mass is 9.89. The second-order valence-electron chi connectivity index (χ2n) is 10.2. The molecule has 3 aromatic heterocycles. The van der Waals surface area contributed by atoms with Gasteiger partial charge >= 0.3 is 11.9 Å². The number of H-pyrrole nitrogens is 1. The number of ether oxygens (including phenoxy) is 1. The van der Waals surface area contributed by atoms with Crippen molar-refractivity contribution < 1.29 is 26.8 Å². The predicted molar refractivity (Wildman–Crippen MR) is 139 cm³/mol. The standard InChI is InChI=1S/C29H21F4N5O3/c1-14(26-36-28(39)41-37-26)24-19-6-2-15(10-17(19)13-40-22-12-18(30)5-7-20(22)24)11-21-25(16-3-4-16)35-27-34-23(29(31,32)33)8-9-38(21)27/h2,5-10,12,16H,3-4,11,13H2,1H3,(H,36,37,39)/b24-14+. The fourth-order valence-corrected chi connectivity index (χ4v) is 5.36. The summed E-state index contributed by atoms with van der Waals surface area (Å²) < 4.78 is 66.4. The number of fused-ring (bicyclic) bond motifs is 3. The Balaban J connectivity index is 1.33. The third-order valence-electron chi connectivity index (χ3n) is 7.46. The van der Waals surface area contributed by atoms with Crippen LogP contribution < -0.4 is 10.5 Å². The Morgan fingerprint density at radius 3 is 2.63 bits per heavy atom. The third kappa shape index (κ3) is 4.48. The second kappa shape index (κ2) is 9.15. The summed E-state index contributed by atoms with van der Waals surface area (Å²) in [5.74, 6) is -0.359. The first-order valence-electron chi connectivity index (χ1n) is 12.9. The van der Waals surface area contributed by atoms with Crippen LogP contribution in [-0.2, 0) is 19.2 Å². The largest absolute Gasteiger partial charge is 0.488 e. The van der Waals surface area contributed by atoms with E-state index in [9.17, 15) is 22.4 Å². The number of aromatic amines is 1. The van der Waals surface area contributed by atoms with Gasteiger partial charge in [0.1, 0.15) is 23.9 Å². The number of halogens is 4. The van der Waals surface area contributed by atoms with Gasteiger partial charge in [0.2, 0.25) is 5.78 Å². The number of allylic oxidation sites excluding steroid dienone is 1. The van der Waals surface area contributed by atoms with Crippen molar-refractivity contribution in [2.24, 2.45) is 0 Å². The van der Waals surface area contributed by atoms with Crippen LogP contribution in [-0.4, -0.2) is 24.5 Å². The van der Waals surface area contributed by atoms with Crippen molar-refractivity contribution in [1.29, 1.82) is 0 Å². The van der Waals surface area contributed by atoms with Crippen LogP contribution in [0.4, 0.5) is 17.6 Å². The van der Waals surface area contributed by atoms with Crippen LogP contribution in [0, 0.1) is 5.82 Å². The monoisotopic (exact) mass is 563 g/mol. The Bertz CT molecular complexity index is 1930. The van der Waals surface area contributed by atoms with Crippen molar-refractivity contribution in [2.75, 3.05) is 0 Å². The van der Waals surface area contributed by atoms with Gasteiger partial charge in [-0.05, 0) is 60.2 Å². The summed E-state index contributed by atoms with van der Waals surface area (Å²) in [4.78, 5) is 22.5. The van der Waals surface area contributed by atoms with Gasteiger partial charge in [-0.2, -0.15) is 13.2 Å². The summed E-state index contributed by atoms with van der Waals surface area (Å²) in [6, 6.07) is 11.0. The molecule has 1 fully saturated rings. The molecule has 2 aromatic carbocycles. The number of aromatic nitrogens is 5. The topological polar surface area (TPSA) is 98.3 Å². The number of rotatable bonds is 4. The number of hydrogen-bond donors (Lipinski definition) is 1. The van der Waals surface area contributed by atoms with Gasteiger partial charge in [0, 0.05) is 35.7 Å².